The van der Waals surface area contributed by atoms with E-state index >= 15 is 0 Å². The third-order valence-corrected chi connectivity index (χ3v) is 3.45. The van der Waals surface area contributed by atoms with E-state index in [1.165, 1.54) is 0 Å². The molecule has 2 unspecified atom stereocenters. The minimum atomic E-state index is -0.0590. The van der Waals surface area contributed by atoms with Crippen LogP contribution in [-0.2, 0) is 0 Å². The van der Waals surface area contributed by atoms with Crippen LogP contribution in [0.3, 0.4) is 0 Å². The van der Waals surface area contributed by atoms with Crippen LogP contribution in [0, 0.1) is 11.8 Å². The maximum Gasteiger partial charge on any atom is 0.0645 e. The number of rotatable bonds is 1. The number of nitrogens with zero attached hydrogens (tertiary/aromatic N) is 1. The Hall–Kier alpha value is -0.120. The van der Waals surface area contributed by atoms with Crippen LogP contribution in [0.5, 0.6) is 0 Å². The number of hydrogen-bond donors (Lipinski definition) is 2. The van der Waals surface area contributed by atoms with Crippen molar-refractivity contribution in [2.45, 2.75) is 26.0 Å². The van der Waals surface area contributed by atoms with Crippen LogP contribution >= 0.6 is 0 Å². The van der Waals surface area contributed by atoms with E-state index in [-0.39, 0.29) is 6.10 Å². The SMILES string of the molecule is CC(C)N1CC2CNCC(C1)C2O. The molecule has 0 aromatic rings. The molecule has 2 N–H and O–H groups in total. The lowest BCUT2D eigenvalue weighted by molar-refractivity contribution is -0.0483. The highest BCUT2D eigenvalue weighted by Gasteiger charge is 2.38. The normalized spacial score (nSPS) is 41.1. The lowest BCUT2D eigenvalue weighted by Gasteiger charge is -2.46. The first kappa shape index (κ1) is 9.44. The number of likely N-dealkylation sites (tertiary alicyclic amines) is 1. The molecule has 13 heavy (non-hydrogen) atoms. The van der Waals surface area contributed by atoms with Gasteiger partial charge in [-0.05, 0) is 13.8 Å². The maximum atomic E-state index is 9.92. The molecule has 3 heteroatoms. The second-order valence-electron chi connectivity index (χ2n) is 4.72. The molecule has 2 aliphatic rings. The van der Waals surface area contributed by atoms with Crippen LogP contribution in [0.25, 0.3) is 0 Å². The van der Waals surface area contributed by atoms with Crippen molar-refractivity contribution in [1.82, 2.24) is 10.2 Å². The van der Waals surface area contributed by atoms with Crippen LogP contribution in [-0.4, -0.2) is 48.3 Å². The lowest BCUT2D eigenvalue weighted by Crippen LogP contribution is -2.60. The van der Waals surface area contributed by atoms with Crippen molar-refractivity contribution in [2.24, 2.45) is 11.8 Å². The molecule has 0 aliphatic carbocycles. The highest BCUT2D eigenvalue weighted by Crippen LogP contribution is 2.26. The van der Waals surface area contributed by atoms with Gasteiger partial charge in [0.2, 0.25) is 0 Å². The molecule has 2 saturated heterocycles. The topological polar surface area (TPSA) is 35.5 Å². The molecule has 2 aliphatic heterocycles. The Morgan fingerprint density at radius 3 is 2.23 bits per heavy atom. The molecule has 2 heterocycles. The van der Waals surface area contributed by atoms with Crippen LogP contribution in [0.4, 0.5) is 0 Å². The molecular formula is C10H20N2O. The van der Waals surface area contributed by atoms with Crippen LogP contribution < -0.4 is 5.32 Å². The summed E-state index contributed by atoms with van der Waals surface area (Å²) in [6.45, 7) is 8.56. The van der Waals surface area contributed by atoms with Crippen molar-refractivity contribution in [2.75, 3.05) is 26.2 Å². The highest BCUT2D eigenvalue weighted by atomic mass is 16.3. The van der Waals surface area contributed by atoms with Crippen molar-refractivity contribution in [1.29, 1.82) is 0 Å². The van der Waals surface area contributed by atoms with Gasteiger partial charge in [0.05, 0.1) is 6.10 Å². The van der Waals surface area contributed by atoms with Gasteiger partial charge < -0.3 is 15.3 Å². The van der Waals surface area contributed by atoms with Gasteiger partial charge >= 0.3 is 0 Å². The summed E-state index contributed by atoms with van der Waals surface area (Å²) in [6, 6.07) is 0.621. The molecule has 0 radical (unpaired) electrons. The molecule has 0 aromatic heterocycles. The Kier molecular flexibility index (Phi) is 2.58. The fourth-order valence-electron chi connectivity index (χ4n) is 2.52. The molecule has 2 fully saturated rings. The number of hydrogen-bond acceptors (Lipinski definition) is 3. The first-order chi connectivity index (χ1) is 6.18. The zero-order chi connectivity index (χ0) is 9.42. The highest BCUT2D eigenvalue weighted by molar-refractivity contribution is 4.93. The zero-order valence-electron chi connectivity index (χ0n) is 8.53. The number of piperidine rings is 2. The van der Waals surface area contributed by atoms with E-state index in [0.717, 1.165) is 26.2 Å². The molecule has 0 saturated carbocycles. The molecule has 2 rings (SSSR count). The Bertz CT molecular complexity index is 170. The van der Waals surface area contributed by atoms with Crippen LogP contribution in [0.1, 0.15) is 13.8 Å². The van der Waals surface area contributed by atoms with E-state index in [1.807, 2.05) is 0 Å². The third kappa shape index (κ3) is 1.73. The van der Waals surface area contributed by atoms with Crippen molar-refractivity contribution >= 4 is 0 Å². The van der Waals surface area contributed by atoms with Gasteiger partial charge in [-0.15, -0.1) is 0 Å². The summed E-state index contributed by atoms with van der Waals surface area (Å²) in [5.41, 5.74) is 0. The number of aliphatic hydroxyl groups is 1. The smallest absolute Gasteiger partial charge is 0.0645 e. The first-order valence-electron chi connectivity index (χ1n) is 5.31. The molecule has 0 spiro atoms. The largest absolute Gasteiger partial charge is 0.392 e. The molecule has 2 bridgehead atoms. The number of fused-ring (bicyclic) bond motifs is 2. The standard InChI is InChI=1S/C10H20N2O/c1-7(2)12-5-8-3-11-4-9(6-12)10(8)13/h7-11,13H,3-6H2,1-2H3. The predicted molar refractivity (Wildman–Crippen MR) is 52.6 cm³/mol. The fourth-order valence-corrected chi connectivity index (χ4v) is 2.52. The van der Waals surface area contributed by atoms with E-state index < -0.39 is 0 Å². The Balaban J connectivity index is 2.03. The average molecular weight is 184 g/mol. The van der Waals surface area contributed by atoms with E-state index in [4.69, 9.17) is 0 Å². The van der Waals surface area contributed by atoms with Gasteiger partial charge in [-0.1, -0.05) is 0 Å². The van der Waals surface area contributed by atoms with Crippen LogP contribution in [0.2, 0.25) is 0 Å². The van der Waals surface area contributed by atoms with E-state index in [2.05, 4.69) is 24.1 Å². The Labute approximate surface area is 80.1 Å². The molecular weight excluding hydrogens is 164 g/mol. The zero-order valence-corrected chi connectivity index (χ0v) is 8.53. The number of nitrogens with one attached hydrogen (secondary N) is 1. The third-order valence-electron chi connectivity index (χ3n) is 3.45. The van der Waals surface area contributed by atoms with Crippen molar-refractivity contribution < 1.29 is 5.11 Å². The van der Waals surface area contributed by atoms with Crippen molar-refractivity contribution in [3.63, 3.8) is 0 Å². The van der Waals surface area contributed by atoms with Gasteiger partial charge in [-0.2, -0.15) is 0 Å². The van der Waals surface area contributed by atoms with E-state index in [1.54, 1.807) is 0 Å². The molecule has 3 nitrogen and oxygen atoms in total. The van der Waals surface area contributed by atoms with Crippen molar-refractivity contribution in [3.8, 4) is 0 Å². The monoisotopic (exact) mass is 184 g/mol. The van der Waals surface area contributed by atoms with Crippen LogP contribution in [0.15, 0.2) is 0 Å². The Morgan fingerprint density at radius 1 is 1.23 bits per heavy atom. The van der Waals surface area contributed by atoms with Crippen molar-refractivity contribution in [3.05, 3.63) is 0 Å². The summed E-state index contributed by atoms with van der Waals surface area (Å²) in [5, 5.41) is 13.3. The minimum absolute atomic E-state index is 0.0590. The quantitative estimate of drug-likeness (QED) is 0.598. The number of aliphatic hydroxyl groups excluding tert-OH is 1. The first-order valence-corrected chi connectivity index (χ1v) is 5.31. The molecule has 0 aromatic carbocycles. The predicted octanol–water partition coefficient (Wildman–Crippen LogP) is -0.0931. The van der Waals surface area contributed by atoms with Gasteiger partial charge in [-0.3, -0.25) is 0 Å². The molecule has 76 valence electrons. The Morgan fingerprint density at radius 2 is 1.77 bits per heavy atom. The summed E-state index contributed by atoms with van der Waals surface area (Å²) in [7, 11) is 0. The van der Waals surface area contributed by atoms with Gasteiger partial charge in [-0.25, -0.2) is 0 Å². The maximum absolute atomic E-state index is 9.92. The summed E-state index contributed by atoms with van der Waals surface area (Å²) < 4.78 is 0. The van der Waals surface area contributed by atoms with Gasteiger partial charge in [0, 0.05) is 44.1 Å². The van der Waals surface area contributed by atoms with Gasteiger partial charge in [0.25, 0.3) is 0 Å². The summed E-state index contributed by atoms with van der Waals surface area (Å²) >= 11 is 0. The summed E-state index contributed by atoms with van der Waals surface area (Å²) in [5.74, 6) is 0.907. The summed E-state index contributed by atoms with van der Waals surface area (Å²) in [4.78, 5) is 2.49. The summed E-state index contributed by atoms with van der Waals surface area (Å²) in [6.07, 6.45) is -0.0590. The van der Waals surface area contributed by atoms with E-state index in [9.17, 15) is 5.11 Å². The molecule has 2 atom stereocenters. The fraction of sp³-hybridized carbons (Fsp3) is 1.00. The lowest BCUT2D eigenvalue weighted by atomic mass is 9.82. The van der Waals surface area contributed by atoms with E-state index in [0.29, 0.717) is 17.9 Å². The second kappa shape index (κ2) is 3.56. The van der Waals surface area contributed by atoms with Gasteiger partial charge in [0.15, 0.2) is 0 Å². The van der Waals surface area contributed by atoms with Gasteiger partial charge in [0.1, 0.15) is 0 Å². The molecule has 0 amide bonds. The second-order valence-corrected chi connectivity index (χ2v) is 4.72. The minimum Gasteiger partial charge on any atom is -0.392 e. The average Bonchev–Trinajstić information content (AvgIpc) is 2.02.